The highest BCUT2D eigenvalue weighted by Gasteiger charge is 2.20. The molecule has 0 aliphatic carbocycles. The van der Waals surface area contributed by atoms with E-state index in [1.165, 1.54) is 33.5 Å². The van der Waals surface area contributed by atoms with Gasteiger partial charge in [-0.15, -0.1) is 0 Å². The Balaban J connectivity index is 2.03. The molecule has 1 unspecified atom stereocenters. The Hall–Kier alpha value is -2.65. The third-order valence-corrected chi connectivity index (χ3v) is 4.65. The quantitative estimate of drug-likeness (QED) is 0.582. The summed E-state index contributed by atoms with van der Waals surface area (Å²) < 4.78 is 21.8. The third-order valence-electron chi connectivity index (χ3n) is 3.79. The summed E-state index contributed by atoms with van der Waals surface area (Å²) >= 11 is 9.19. The summed E-state index contributed by atoms with van der Waals surface area (Å²) in [7, 11) is 4.34. The topological polar surface area (TPSA) is 95.1 Å². The number of rotatable bonds is 7. The predicted molar refractivity (Wildman–Crippen MR) is 111 cm³/mol. The molecule has 0 fully saturated rings. The van der Waals surface area contributed by atoms with Crippen molar-refractivity contribution in [2.45, 2.75) is 13.0 Å². The number of ether oxygens (including phenoxy) is 4. The molecule has 29 heavy (non-hydrogen) atoms. The molecule has 0 aliphatic heterocycles. The Morgan fingerprint density at radius 2 is 1.59 bits per heavy atom. The zero-order valence-corrected chi connectivity index (χ0v) is 18.5. The van der Waals surface area contributed by atoms with Gasteiger partial charge >= 0.3 is 0 Å². The minimum Gasteiger partial charge on any atom is -0.493 e. The van der Waals surface area contributed by atoms with E-state index in [9.17, 15) is 9.59 Å². The van der Waals surface area contributed by atoms with Gasteiger partial charge < -0.3 is 18.9 Å². The summed E-state index contributed by atoms with van der Waals surface area (Å²) in [5.41, 5.74) is 4.85. The fourth-order valence-electron chi connectivity index (χ4n) is 2.32. The molecule has 0 saturated heterocycles. The van der Waals surface area contributed by atoms with Crippen LogP contribution in [0.4, 0.5) is 0 Å². The minimum atomic E-state index is -0.882. The molecule has 0 heterocycles. The number of nitrogens with one attached hydrogen (secondary N) is 2. The summed E-state index contributed by atoms with van der Waals surface area (Å²) in [6.07, 6.45) is -0.882. The van der Waals surface area contributed by atoms with E-state index in [0.29, 0.717) is 32.5 Å². The van der Waals surface area contributed by atoms with Crippen LogP contribution >= 0.6 is 27.5 Å². The lowest BCUT2D eigenvalue weighted by atomic mass is 10.1. The van der Waals surface area contributed by atoms with Gasteiger partial charge in [-0.2, -0.15) is 0 Å². The molecule has 0 saturated carbocycles. The molecule has 0 spiro atoms. The molecule has 0 radical (unpaired) electrons. The molecule has 2 aromatic carbocycles. The maximum absolute atomic E-state index is 12.4. The first-order valence-corrected chi connectivity index (χ1v) is 9.49. The summed E-state index contributed by atoms with van der Waals surface area (Å²) in [6.45, 7) is 1.54. The second-order valence-electron chi connectivity index (χ2n) is 5.69. The van der Waals surface area contributed by atoms with Crippen molar-refractivity contribution >= 4 is 39.3 Å². The Morgan fingerprint density at radius 3 is 2.10 bits per heavy atom. The van der Waals surface area contributed by atoms with E-state index in [1.54, 1.807) is 25.1 Å². The average molecular weight is 488 g/mol. The summed E-state index contributed by atoms with van der Waals surface area (Å²) in [5.74, 6) is 0.296. The monoisotopic (exact) mass is 486 g/mol. The summed E-state index contributed by atoms with van der Waals surface area (Å²) in [4.78, 5) is 24.7. The molecular formula is C19H20BrClN2O6. The molecule has 10 heteroatoms. The summed E-state index contributed by atoms with van der Waals surface area (Å²) in [5, 5.41) is 0.527. The Kier molecular flexibility index (Phi) is 7.98. The number of carbonyl (C=O) groups is 2. The van der Waals surface area contributed by atoms with Crippen LogP contribution in [-0.4, -0.2) is 39.2 Å². The molecule has 0 bridgehead atoms. The summed E-state index contributed by atoms with van der Waals surface area (Å²) in [6, 6.07) is 7.85. The van der Waals surface area contributed by atoms with Crippen molar-refractivity contribution in [1.82, 2.24) is 10.9 Å². The van der Waals surface area contributed by atoms with E-state index in [1.807, 2.05) is 0 Å². The van der Waals surface area contributed by atoms with Crippen LogP contribution in [0.2, 0.25) is 5.02 Å². The first-order chi connectivity index (χ1) is 13.8. The van der Waals surface area contributed by atoms with Crippen LogP contribution in [0.25, 0.3) is 0 Å². The Morgan fingerprint density at radius 1 is 0.966 bits per heavy atom. The van der Waals surface area contributed by atoms with Crippen LogP contribution in [0.15, 0.2) is 34.8 Å². The van der Waals surface area contributed by atoms with Gasteiger partial charge in [0.15, 0.2) is 17.6 Å². The number of hydrogen-bond donors (Lipinski definition) is 2. The Labute approximate surface area is 181 Å². The number of carbonyl (C=O) groups excluding carboxylic acids is 2. The van der Waals surface area contributed by atoms with Gasteiger partial charge in [0, 0.05) is 10.6 Å². The Bertz CT molecular complexity index is 883. The maximum atomic E-state index is 12.4. The van der Waals surface area contributed by atoms with Gasteiger partial charge in [0.25, 0.3) is 11.8 Å². The van der Waals surface area contributed by atoms with E-state index < -0.39 is 17.9 Å². The highest BCUT2D eigenvalue weighted by molar-refractivity contribution is 9.10. The molecule has 2 amide bonds. The molecule has 8 nitrogen and oxygen atoms in total. The van der Waals surface area contributed by atoms with E-state index in [2.05, 4.69) is 26.8 Å². The highest BCUT2D eigenvalue weighted by Crippen LogP contribution is 2.38. The molecule has 0 aromatic heterocycles. The van der Waals surface area contributed by atoms with Crippen molar-refractivity contribution < 1.29 is 28.5 Å². The largest absolute Gasteiger partial charge is 0.493 e. The molecule has 1 atom stereocenters. The van der Waals surface area contributed by atoms with Crippen LogP contribution in [0.5, 0.6) is 23.0 Å². The molecule has 156 valence electrons. The van der Waals surface area contributed by atoms with Crippen LogP contribution in [0.1, 0.15) is 17.3 Å². The SMILES string of the molecule is COc1cc(C(=O)NNC(=O)C(C)Oc2ccc(Cl)cc2Br)cc(OC)c1OC. The highest BCUT2D eigenvalue weighted by atomic mass is 79.9. The first-order valence-electron chi connectivity index (χ1n) is 8.32. The second-order valence-corrected chi connectivity index (χ2v) is 6.98. The van der Waals surface area contributed by atoms with Gasteiger partial charge in [0.05, 0.1) is 25.8 Å². The fraction of sp³-hybridized carbons (Fsp3) is 0.263. The minimum absolute atomic E-state index is 0.203. The average Bonchev–Trinajstić information content (AvgIpc) is 2.72. The van der Waals surface area contributed by atoms with Crippen molar-refractivity contribution in [3.05, 3.63) is 45.4 Å². The lowest BCUT2D eigenvalue weighted by Gasteiger charge is -2.17. The van der Waals surface area contributed by atoms with Crippen LogP contribution in [0, 0.1) is 0 Å². The van der Waals surface area contributed by atoms with E-state index >= 15 is 0 Å². The van der Waals surface area contributed by atoms with Crippen LogP contribution in [0.3, 0.4) is 0 Å². The maximum Gasteiger partial charge on any atom is 0.279 e. The first kappa shape index (κ1) is 22.6. The van der Waals surface area contributed by atoms with Crippen molar-refractivity contribution in [2.24, 2.45) is 0 Å². The molecule has 2 rings (SSSR count). The molecule has 2 N–H and O–H groups in total. The molecule has 2 aromatic rings. The number of amides is 2. The van der Waals surface area contributed by atoms with Gasteiger partial charge in [-0.1, -0.05) is 11.6 Å². The van der Waals surface area contributed by atoms with Gasteiger partial charge in [-0.05, 0) is 53.2 Å². The predicted octanol–water partition coefficient (Wildman–Crippen LogP) is 3.36. The zero-order valence-electron chi connectivity index (χ0n) is 16.2. The normalized spacial score (nSPS) is 11.2. The van der Waals surface area contributed by atoms with Crippen molar-refractivity contribution in [3.8, 4) is 23.0 Å². The number of hydrogen-bond acceptors (Lipinski definition) is 6. The van der Waals surface area contributed by atoms with E-state index in [-0.39, 0.29) is 5.56 Å². The lowest BCUT2D eigenvalue weighted by Crippen LogP contribution is -2.47. The number of methoxy groups -OCH3 is 3. The van der Waals surface area contributed by atoms with Crippen molar-refractivity contribution in [3.63, 3.8) is 0 Å². The molecule has 0 aliphatic rings. The fourth-order valence-corrected chi connectivity index (χ4v) is 3.10. The van der Waals surface area contributed by atoms with Gasteiger partial charge in [0.1, 0.15) is 5.75 Å². The van der Waals surface area contributed by atoms with Crippen LogP contribution in [-0.2, 0) is 4.79 Å². The third kappa shape index (κ3) is 5.68. The lowest BCUT2D eigenvalue weighted by molar-refractivity contribution is -0.128. The van der Waals surface area contributed by atoms with E-state index in [4.69, 9.17) is 30.5 Å². The van der Waals surface area contributed by atoms with Gasteiger partial charge in [-0.3, -0.25) is 20.4 Å². The number of benzene rings is 2. The number of halogens is 2. The smallest absolute Gasteiger partial charge is 0.279 e. The number of hydrazine groups is 1. The van der Waals surface area contributed by atoms with Gasteiger partial charge in [0.2, 0.25) is 5.75 Å². The zero-order chi connectivity index (χ0) is 21.6. The van der Waals surface area contributed by atoms with Crippen molar-refractivity contribution in [2.75, 3.05) is 21.3 Å². The second kappa shape index (κ2) is 10.2. The van der Waals surface area contributed by atoms with Gasteiger partial charge in [-0.25, -0.2) is 0 Å². The standard InChI is InChI=1S/C19H20BrClN2O6/c1-10(29-14-6-5-12(21)9-13(14)20)18(24)22-23-19(25)11-7-15(26-2)17(28-4)16(8-11)27-3/h5-10H,1-4H3,(H,22,24)(H,23,25). The van der Waals surface area contributed by atoms with E-state index in [0.717, 1.165) is 0 Å². The molecular weight excluding hydrogens is 468 g/mol. The van der Waals surface area contributed by atoms with Crippen LogP contribution < -0.4 is 29.8 Å². The van der Waals surface area contributed by atoms with Crippen molar-refractivity contribution in [1.29, 1.82) is 0 Å².